The molecule has 10 unspecified atom stereocenters. The first-order chi connectivity index (χ1) is 12.6. The molecule has 0 bridgehead atoms. The van der Waals surface area contributed by atoms with Gasteiger partial charge in [-0.25, -0.2) is 4.79 Å². The van der Waals surface area contributed by atoms with Crippen LogP contribution >= 0.6 is 0 Å². The third kappa shape index (κ3) is 4.38. The second-order valence-electron chi connectivity index (χ2n) is 6.49. The van der Waals surface area contributed by atoms with Crippen LogP contribution < -0.4 is 0 Å². The summed E-state index contributed by atoms with van der Waals surface area (Å²) in [6, 6.07) is 0. The maximum Gasteiger partial charge on any atom is 0.364 e. The zero-order valence-electron chi connectivity index (χ0n) is 14.0. The van der Waals surface area contributed by atoms with Gasteiger partial charge in [0, 0.05) is 6.42 Å². The standard InChI is InChI=1S/C14H24O13/c15-2-5-8(19)9(20)10(21)12(25-5)26-6(3-16)11-7(18)4(17)1-14(24,27-11)13(22)23/h4-12,15-21,24H,1-3H2,(H,22,23). The van der Waals surface area contributed by atoms with E-state index in [0.29, 0.717) is 0 Å². The summed E-state index contributed by atoms with van der Waals surface area (Å²) in [6.45, 7) is -1.67. The molecule has 0 amide bonds. The maximum absolute atomic E-state index is 11.2. The molecule has 27 heavy (non-hydrogen) atoms. The van der Waals surface area contributed by atoms with Crippen LogP contribution in [0.5, 0.6) is 0 Å². The normalized spacial score (nSPS) is 46.8. The van der Waals surface area contributed by atoms with Gasteiger partial charge >= 0.3 is 5.97 Å². The Balaban J connectivity index is 2.18. The van der Waals surface area contributed by atoms with Crippen LogP contribution in [0.4, 0.5) is 0 Å². The van der Waals surface area contributed by atoms with Crippen molar-refractivity contribution in [1.82, 2.24) is 0 Å². The predicted octanol–water partition coefficient (Wildman–Crippen LogP) is -5.55. The Labute approximate surface area is 152 Å². The van der Waals surface area contributed by atoms with E-state index in [4.69, 9.17) is 24.4 Å². The summed E-state index contributed by atoms with van der Waals surface area (Å²) in [5, 5.41) is 86.9. The molecule has 2 aliphatic rings. The number of ether oxygens (including phenoxy) is 3. The van der Waals surface area contributed by atoms with E-state index in [9.17, 15) is 40.5 Å². The monoisotopic (exact) mass is 400 g/mol. The SMILES string of the molecule is O=C(O)C1(O)CC(O)C(O)C(C(CO)OC2OC(CO)C(O)C(O)C2O)O1. The van der Waals surface area contributed by atoms with Gasteiger partial charge < -0.3 is 60.2 Å². The number of hydrogen-bond acceptors (Lipinski definition) is 12. The molecule has 2 heterocycles. The lowest BCUT2D eigenvalue weighted by atomic mass is 9.92. The number of aliphatic hydroxyl groups is 8. The van der Waals surface area contributed by atoms with Crippen LogP contribution in [-0.2, 0) is 19.0 Å². The van der Waals surface area contributed by atoms with E-state index >= 15 is 0 Å². The van der Waals surface area contributed by atoms with Gasteiger partial charge in [-0.3, -0.25) is 0 Å². The number of carboxylic acid groups (broad SMARTS) is 1. The first-order valence-corrected chi connectivity index (χ1v) is 8.12. The van der Waals surface area contributed by atoms with Crippen LogP contribution in [-0.4, -0.2) is 126 Å². The Morgan fingerprint density at radius 1 is 1.07 bits per heavy atom. The van der Waals surface area contributed by atoms with Gasteiger partial charge in [-0.05, 0) is 0 Å². The Kier molecular flexibility index (Phi) is 7.10. The summed E-state index contributed by atoms with van der Waals surface area (Å²) in [4.78, 5) is 11.2. The van der Waals surface area contributed by atoms with Crippen LogP contribution in [0.15, 0.2) is 0 Å². The molecule has 13 nitrogen and oxygen atoms in total. The average Bonchev–Trinajstić information content (AvgIpc) is 2.62. The highest BCUT2D eigenvalue weighted by Crippen LogP contribution is 2.32. The minimum atomic E-state index is -2.87. The van der Waals surface area contributed by atoms with Gasteiger partial charge in [0.2, 0.25) is 0 Å². The first-order valence-electron chi connectivity index (χ1n) is 8.12. The number of rotatable bonds is 6. The second kappa shape index (κ2) is 8.59. The third-order valence-corrected chi connectivity index (χ3v) is 4.59. The highest BCUT2D eigenvalue weighted by Gasteiger charge is 2.54. The van der Waals surface area contributed by atoms with E-state index in [1.165, 1.54) is 0 Å². The van der Waals surface area contributed by atoms with Crippen LogP contribution in [0, 0.1) is 0 Å². The van der Waals surface area contributed by atoms with Gasteiger partial charge in [0.25, 0.3) is 5.79 Å². The lowest BCUT2D eigenvalue weighted by Crippen LogP contribution is -2.64. The molecular formula is C14H24O13. The minimum Gasteiger partial charge on any atom is -0.477 e. The fraction of sp³-hybridized carbons (Fsp3) is 0.929. The molecule has 0 saturated carbocycles. The summed E-state index contributed by atoms with van der Waals surface area (Å²) in [7, 11) is 0. The quantitative estimate of drug-likeness (QED) is 0.203. The Bertz CT molecular complexity index is 515. The fourth-order valence-electron chi connectivity index (χ4n) is 2.98. The Hall–Kier alpha value is -0.970. The molecule has 2 aliphatic heterocycles. The van der Waals surface area contributed by atoms with E-state index in [-0.39, 0.29) is 0 Å². The van der Waals surface area contributed by atoms with Crippen molar-refractivity contribution in [2.45, 2.75) is 67.3 Å². The molecule has 158 valence electrons. The van der Waals surface area contributed by atoms with Crippen molar-refractivity contribution in [1.29, 1.82) is 0 Å². The molecule has 2 fully saturated rings. The minimum absolute atomic E-state index is 0.741. The molecule has 0 aromatic heterocycles. The fourth-order valence-corrected chi connectivity index (χ4v) is 2.98. The molecule has 0 aliphatic carbocycles. The second-order valence-corrected chi connectivity index (χ2v) is 6.49. The highest BCUT2D eigenvalue weighted by atomic mass is 16.7. The summed E-state index contributed by atoms with van der Waals surface area (Å²) in [5.41, 5.74) is 0. The molecule has 0 aromatic carbocycles. The van der Waals surface area contributed by atoms with Crippen LogP contribution in [0.2, 0.25) is 0 Å². The van der Waals surface area contributed by atoms with Crippen molar-refractivity contribution >= 4 is 5.97 Å². The summed E-state index contributed by atoms with van der Waals surface area (Å²) in [5.74, 6) is -4.71. The zero-order chi connectivity index (χ0) is 20.5. The molecule has 2 saturated heterocycles. The van der Waals surface area contributed by atoms with Gasteiger partial charge in [-0.15, -0.1) is 0 Å². The molecule has 2 rings (SSSR count). The molecular weight excluding hydrogens is 376 g/mol. The third-order valence-electron chi connectivity index (χ3n) is 4.59. The predicted molar refractivity (Wildman–Crippen MR) is 79.8 cm³/mol. The summed E-state index contributed by atoms with van der Waals surface area (Å²) in [6.07, 6.45) is -16.0. The lowest BCUT2D eigenvalue weighted by Gasteiger charge is -2.45. The van der Waals surface area contributed by atoms with Crippen molar-refractivity contribution in [3.63, 3.8) is 0 Å². The van der Waals surface area contributed by atoms with E-state index < -0.39 is 86.5 Å². The lowest BCUT2D eigenvalue weighted by molar-refractivity contribution is -0.349. The molecule has 13 heteroatoms. The van der Waals surface area contributed by atoms with Crippen molar-refractivity contribution in [3.8, 4) is 0 Å². The van der Waals surface area contributed by atoms with E-state index in [0.717, 1.165) is 0 Å². The number of hydrogen-bond donors (Lipinski definition) is 9. The number of carbonyl (C=O) groups is 1. The highest BCUT2D eigenvalue weighted by molar-refractivity contribution is 5.75. The molecule has 0 radical (unpaired) electrons. The van der Waals surface area contributed by atoms with Crippen LogP contribution in [0.25, 0.3) is 0 Å². The number of carboxylic acids is 1. The number of aliphatic carboxylic acids is 1. The first kappa shape index (κ1) is 22.3. The van der Waals surface area contributed by atoms with Crippen molar-refractivity contribution in [3.05, 3.63) is 0 Å². The van der Waals surface area contributed by atoms with Gasteiger partial charge in [0.05, 0.1) is 19.3 Å². The smallest absolute Gasteiger partial charge is 0.364 e. The topological polar surface area (TPSA) is 227 Å². The zero-order valence-corrected chi connectivity index (χ0v) is 14.0. The largest absolute Gasteiger partial charge is 0.477 e. The van der Waals surface area contributed by atoms with Gasteiger partial charge in [-0.2, -0.15) is 0 Å². The van der Waals surface area contributed by atoms with Gasteiger partial charge in [0.15, 0.2) is 6.29 Å². The van der Waals surface area contributed by atoms with Crippen molar-refractivity contribution in [2.24, 2.45) is 0 Å². The van der Waals surface area contributed by atoms with Crippen LogP contribution in [0.1, 0.15) is 6.42 Å². The van der Waals surface area contributed by atoms with Crippen LogP contribution in [0.3, 0.4) is 0 Å². The number of aliphatic hydroxyl groups excluding tert-OH is 7. The summed E-state index contributed by atoms with van der Waals surface area (Å²) < 4.78 is 15.2. The van der Waals surface area contributed by atoms with Gasteiger partial charge in [-0.1, -0.05) is 0 Å². The maximum atomic E-state index is 11.2. The Morgan fingerprint density at radius 2 is 1.70 bits per heavy atom. The van der Waals surface area contributed by atoms with E-state index in [1.54, 1.807) is 0 Å². The van der Waals surface area contributed by atoms with Gasteiger partial charge in [0.1, 0.15) is 42.7 Å². The van der Waals surface area contributed by atoms with E-state index in [2.05, 4.69) is 0 Å². The molecule has 0 aromatic rings. The Morgan fingerprint density at radius 3 is 2.22 bits per heavy atom. The average molecular weight is 400 g/mol. The molecule has 9 N–H and O–H groups in total. The summed E-state index contributed by atoms with van der Waals surface area (Å²) >= 11 is 0. The van der Waals surface area contributed by atoms with E-state index in [1.807, 2.05) is 0 Å². The van der Waals surface area contributed by atoms with Crippen molar-refractivity contribution < 1.29 is 65.0 Å². The van der Waals surface area contributed by atoms with Crippen molar-refractivity contribution in [2.75, 3.05) is 13.2 Å². The molecule has 10 atom stereocenters. The molecule has 0 spiro atoms.